The molecule has 0 aliphatic carbocycles. The Morgan fingerprint density at radius 1 is 1.43 bits per heavy atom. The van der Waals surface area contributed by atoms with Gasteiger partial charge in [-0.05, 0) is 32.3 Å². The molecule has 1 aromatic heterocycles. The van der Waals surface area contributed by atoms with Gasteiger partial charge < -0.3 is 10.0 Å². The molecular formula is C14H18ClN3O3. The minimum Gasteiger partial charge on any atom is -0.480 e. The molecule has 0 radical (unpaired) electrons. The fraction of sp³-hybridized carbons (Fsp3) is 0.500. The maximum Gasteiger partial charge on any atom is 0.326 e. The number of likely N-dealkylation sites (tertiary alicyclic amines) is 1. The van der Waals surface area contributed by atoms with Crippen molar-refractivity contribution in [2.45, 2.75) is 32.2 Å². The van der Waals surface area contributed by atoms with E-state index in [4.69, 9.17) is 11.6 Å². The molecule has 1 saturated heterocycles. The Kier molecular flexibility index (Phi) is 4.67. The van der Waals surface area contributed by atoms with E-state index in [-0.39, 0.29) is 5.91 Å². The predicted octanol–water partition coefficient (Wildman–Crippen LogP) is 1.86. The van der Waals surface area contributed by atoms with Gasteiger partial charge in [-0.1, -0.05) is 11.6 Å². The lowest BCUT2D eigenvalue weighted by atomic mass is 10.0. The second-order valence-electron chi connectivity index (χ2n) is 5.13. The summed E-state index contributed by atoms with van der Waals surface area (Å²) in [7, 11) is 1.72. The fourth-order valence-electron chi connectivity index (χ4n) is 2.54. The molecule has 0 spiro atoms. The first-order valence-corrected chi connectivity index (χ1v) is 7.20. The zero-order chi connectivity index (χ0) is 15.6. The maximum atomic E-state index is 12.2. The van der Waals surface area contributed by atoms with Crippen LogP contribution in [0.15, 0.2) is 6.08 Å². The number of piperidine rings is 1. The van der Waals surface area contributed by atoms with Crippen LogP contribution < -0.4 is 0 Å². The predicted molar refractivity (Wildman–Crippen MR) is 79.0 cm³/mol. The molecule has 1 fully saturated rings. The summed E-state index contributed by atoms with van der Waals surface area (Å²) in [6, 6.07) is -0.735. The van der Waals surface area contributed by atoms with E-state index in [1.165, 1.54) is 15.7 Å². The van der Waals surface area contributed by atoms with Gasteiger partial charge >= 0.3 is 5.97 Å². The number of hydrogen-bond acceptors (Lipinski definition) is 3. The second kappa shape index (κ2) is 6.30. The van der Waals surface area contributed by atoms with Gasteiger partial charge in [0.2, 0.25) is 5.91 Å². The van der Waals surface area contributed by atoms with Crippen LogP contribution >= 0.6 is 11.6 Å². The summed E-state index contributed by atoms with van der Waals surface area (Å²) >= 11 is 6.09. The highest BCUT2D eigenvalue weighted by Gasteiger charge is 2.30. The summed E-state index contributed by atoms with van der Waals surface area (Å²) in [6.45, 7) is 2.27. The van der Waals surface area contributed by atoms with Crippen LogP contribution in [-0.4, -0.2) is 44.3 Å². The third-order valence-electron chi connectivity index (χ3n) is 3.66. The number of amides is 1. The van der Waals surface area contributed by atoms with E-state index in [1.54, 1.807) is 20.0 Å². The summed E-state index contributed by atoms with van der Waals surface area (Å²) < 4.78 is 1.53. The van der Waals surface area contributed by atoms with Gasteiger partial charge in [-0.2, -0.15) is 5.10 Å². The second-order valence-corrected chi connectivity index (χ2v) is 5.49. The fourth-order valence-corrected chi connectivity index (χ4v) is 2.78. The Bertz CT molecular complexity index is 595. The smallest absolute Gasteiger partial charge is 0.326 e. The topological polar surface area (TPSA) is 75.4 Å². The lowest BCUT2D eigenvalue weighted by Crippen LogP contribution is -2.47. The van der Waals surface area contributed by atoms with E-state index in [0.29, 0.717) is 23.7 Å². The zero-order valence-corrected chi connectivity index (χ0v) is 12.8. The van der Waals surface area contributed by atoms with Gasteiger partial charge in [0.05, 0.1) is 5.69 Å². The molecule has 0 bridgehead atoms. The highest BCUT2D eigenvalue weighted by Crippen LogP contribution is 2.21. The number of aryl methyl sites for hydroxylation is 2. The van der Waals surface area contributed by atoms with Crippen molar-refractivity contribution in [3.63, 3.8) is 0 Å². The molecule has 7 heteroatoms. The number of carboxylic acids is 1. The molecule has 2 heterocycles. The average molecular weight is 312 g/mol. The minimum atomic E-state index is -0.952. The SMILES string of the molecule is Cc1nn(C)c(Cl)c1C=CC(=O)N1CCCC[C@@H]1C(=O)O. The van der Waals surface area contributed by atoms with Crippen LogP contribution in [0.2, 0.25) is 5.15 Å². The summed E-state index contributed by atoms with van der Waals surface area (Å²) in [6.07, 6.45) is 5.13. The molecule has 114 valence electrons. The molecule has 1 amide bonds. The number of carboxylic acid groups (broad SMARTS) is 1. The largest absolute Gasteiger partial charge is 0.480 e. The number of aliphatic carboxylic acids is 1. The average Bonchev–Trinajstić information content (AvgIpc) is 2.70. The maximum absolute atomic E-state index is 12.2. The summed E-state index contributed by atoms with van der Waals surface area (Å²) in [5, 5.41) is 13.8. The highest BCUT2D eigenvalue weighted by atomic mass is 35.5. The normalized spacial score (nSPS) is 19.2. The van der Waals surface area contributed by atoms with E-state index < -0.39 is 12.0 Å². The van der Waals surface area contributed by atoms with Crippen LogP contribution in [0.5, 0.6) is 0 Å². The Morgan fingerprint density at radius 3 is 2.71 bits per heavy atom. The molecule has 0 aromatic carbocycles. The van der Waals surface area contributed by atoms with Gasteiger partial charge in [0, 0.05) is 25.2 Å². The summed E-state index contributed by atoms with van der Waals surface area (Å²) in [5.41, 5.74) is 1.40. The van der Waals surface area contributed by atoms with Gasteiger partial charge in [0.15, 0.2) is 0 Å². The lowest BCUT2D eigenvalue weighted by Gasteiger charge is -2.32. The lowest BCUT2D eigenvalue weighted by molar-refractivity contribution is -0.150. The molecule has 0 unspecified atom stereocenters. The molecule has 1 aromatic rings. The number of nitrogens with zero attached hydrogens (tertiary/aromatic N) is 3. The number of rotatable bonds is 3. The van der Waals surface area contributed by atoms with Crippen molar-refractivity contribution in [2.75, 3.05) is 6.54 Å². The van der Waals surface area contributed by atoms with Crippen LogP contribution in [0.1, 0.15) is 30.5 Å². The van der Waals surface area contributed by atoms with Crippen LogP contribution in [-0.2, 0) is 16.6 Å². The molecule has 1 N–H and O–H groups in total. The number of aromatic nitrogens is 2. The minimum absolute atomic E-state index is 0.304. The number of hydrogen-bond donors (Lipinski definition) is 1. The van der Waals surface area contributed by atoms with E-state index in [0.717, 1.165) is 18.5 Å². The molecular weight excluding hydrogens is 294 g/mol. The highest BCUT2D eigenvalue weighted by molar-refractivity contribution is 6.31. The van der Waals surface area contributed by atoms with E-state index in [9.17, 15) is 14.7 Å². The standard InChI is InChI=1S/C14H18ClN3O3/c1-9-10(13(15)17(2)16-9)6-7-12(19)18-8-4-3-5-11(18)14(20)21/h6-7,11H,3-5,8H2,1-2H3,(H,20,21)/t11-/m1/s1. The van der Waals surface area contributed by atoms with Crippen LogP contribution in [0.4, 0.5) is 0 Å². The molecule has 1 atom stereocenters. The van der Waals surface area contributed by atoms with Crippen molar-refractivity contribution < 1.29 is 14.7 Å². The first-order chi connectivity index (χ1) is 9.91. The van der Waals surface area contributed by atoms with Crippen LogP contribution in [0.3, 0.4) is 0 Å². The van der Waals surface area contributed by atoms with Gasteiger partial charge in [0.1, 0.15) is 11.2 Å². The first kappa shape index (κ1) is 15.6. The van der Waals surface area contributed by atoms with Crippen molar-refractivity contribution in [1.82, 2.24) is 14.7 Å². The van der Waals surface area contributed by atoms with E-state index in [2.05, 4.69) is 5.10 Å². The van der Waals surface area contributed by atoms with E-state index >= 15 is 0 Å². The monoisotopic (exact) mass is 311 g/mol. The Balaban J connectivity index is 2.16. The molecule has 1 aliphatic rings. The molecule has 1 aliphatic heterocycles. The van der Waals surface area contributed by atoms with E-state index in [1.807, 2.05) is 0 Å². The Hall–Kier alpha value is -1.82. The third-order valence-corrected chi connectivity index (χ3v) is 4.11. The Labute approximate surface area is 128 Å². The zero-order valence-electron chi connectivity index (χ0n) is 12.0. The number of carbonyl (C=O) groups excluding carboxylic acids is 1. The van der Waals surface area contributed by atoms with Crippen molar-refractivity contribution in [3.8, 4) is 0 Å². The van der Waals surface area contributed by atoms with Crippen molar-refractivity contribution in [1.29, 1.82) is 0 Å². The summed E-state index contributed by atoms with van der Waals surface area (Å²) in [5.74, 6) is -1.26. The quantitative estimate of drug-likeness (QED) is 0.865. The summed E-state index contributed by atoms with van der Waals surface area (Å²) in [4.78, 5) is 24.8. The Morgan fingerprint density at radius 2 is 2.14 bits per heavy atom. The van der Waals surface area contributed by atoms with Gasteiger partial charge in [0.25, 0.3) is 0 Å². The van der Waals surface area contributed by atoms with Crippen molar-refractivity contribution in [2.24, 2.45) is 7.05 Å². The van der Waals surface area contributed by atoms with Gasteiger partial charge in [-0.3, -0.25) is 9.48 Å². The molecule has 2 rings (SSSR count). The number of carbonyl (C=O) groups is 2. The molecule has 21 heavy (non-hydrogen) atoms. The first-order valence-electron chi connectivity index (χ1n) is 6.82. The molecule has 6 nitrogen and oxygen atoms in total. The van der Waals surface area contributed by atoms with Gasteiger partial charge in [-0.15, -0.1) is 0 Å². The van der Waals surface area contributed by atoms with Crippen molar-refractivity contribution >= 4 is 29.6 Å². The van der Waals surface area contributed by atoms with Gasteiger partial charge in [-0.25, -0.2) is 4.79 Å². The van der Waals surface area contributed by atoms with Crippen molar-refractivity contribution in [3.05, 3.63) is 22.5 Å². The third kappa shape index (κ3) is 3.26. The molecule has 0 saturated carbocycles. The van der Waals surface area contributed by atoms with Crippen LogP contribution in [0, 0.1) is 6.92 Å². The number of halogens is 1. The van der Waals surface area contributed by atoms with Crippen LogP contribution in [0.25, 0.3) is 6.08 Å².